The normalized spacial score (nSPS) is 10.8. The summed E-state index contributed by atoms with van der Waals surface area (Å²) in [5.74, 6) is -2.14. The first-order chi connectivity index (χ1) is 17.6. The molecule has 0 saturated carbocycles. The second-order valence-electron chi connectivity index (χ2n) is 8.06. The van der Waals surface area contributed by atoms with Crippen molar-refractivity contribution in [1.82, 2.24) is 4.98 Å². The van der Waals surface area contributed by atoms with Crippen molar-refractivity contribution < 1.29 is 24.4 Å². The van der Waals surface area contributed by atoms with Crippen molar-refractivity contribution in [3.05, 3.63) is 87.0 Å². The number of benzene rings is 3. The maximum atomic E-state index is 12.7. The van der Waals surface area contributed by atoms with Gasteiger partial charge in [-0.15, -0.1) is 11.3 Å². The molecule has 0 atom stereocenters. The third-order valence-electron chi connectivity index (χ3n) is 5.30. The van der Waals surface area contributed by atoms with E-state index in [1.807, 2.05) is 32.0 Å². The van der Waals surface area contributed by atoms with Crippen molar-refractivity contribution >= 4 is 68.2 Å². The number of aromatic carboxylic acids is 1. The van der Waals surface area contributed by atoms with E-state index in [2.05, 4.69) is 15.6 Å². The Kier molecular flexibility index (Phi) is 7.50. The molecule has 37 heavy (non-hydrogen) atoms. The summed E-state index contributed by atoms with van der Waals surface area (Å²) in [6, 6.07) is 13.9. The first-order valence-electron chi connectivity index (χ1n) is 10.8. The number of aromatic nitrogens is 1. The first-order valence-corrected chi connectivity index (χ1v) is 12.6. The summed E-state index contributed by atoms with van der Waals surface area (Å²) in [5, 5.41) is 25.9. The molecule has 2 amide bonds. The van der Waals surface area contributed by atoms with Gasteiger partial charge in [-0.05, 0) is 49.7 Å². The van der Waals surface area contributed by atoms with Crippen LogP contribution in [0.3, 0.4) is 0 Å². The molecule has 10 nitrogen and oxygen atoms in total. The zero-order valence-electron chi connectivity index (χ0n) is 19.6. The number of nitro groups is 1. The highest BCUT2D eigenvalue weighted by Gasteiger charge is 2.21. The number of non-ortho nitro benzene ring substituents is 1. The number of nitro benzene ring substituents is 1. The van der Waals surface area contributed by atoms with E-state index < -0.39 is 28.1 Å². The van der Waals surface area contributed by atoms with E-state index in [9.17, 15) is 29.6 Å². The van der Waals surface area contributed by atoms with Crippen LogP contribution in [0.25, 0.3) is 10.2 Å². The van der Waals surface area contributed by atoms with Crippen molar-refractivity contribution in [3.63, 3.8) is 0 Å². The fraction of sp³-hybridized carbons (Fsp3) is 0.120. The SMILES string of the molecule is Cc1ccc(NC(=O)CSc2nc3ccc(NC(=O)c4ccc([N+](=O)[O-])cc4C(=O)O)cc3s2)c(C)c1. The maximum absolute atomic E-state index is 12.7. The third kappa shape index (κ3) is 6.11. The molecule has 0 bridgehead atoms. The van der Waals surface area contributed by atoms with Gasteiger partial charge < -0.3 is 15.7 Å². The summed E-state index contributed by atoms with van der Waals surface area (Å²) in [7, 11) is 0. The second kappa shape index (κ2) is 10.8. The molecular weight excluding hydrogens is 516 g/mol. The Hall–Kier alpha value is -4.29. The van der Waals surface area contributed by atoms with E-state index in [1.54, 1.807) is 18.2 Å². The molecule has 0 aliphatic carbocycles. The lowest BCUT2D eigenvalue weighted by molar-refractivity contribution is -0.384. The monoisotopic (exact) mass is 536 g/mol. The number of aryl methyl sites for hydroxylation is 2. The molecule has 0 radical (unpaired) electrons. The number of carboxylic acids is 1. The fourth-order valence-electron chi connectivity index (χ4n) is 3.53. The lowest BCUT2D eigenvalue weighted by Gasteiger charge is -2.08. The van der Waals surface area contributed by atoms with Gasteiger partial charge in [-0.25, -0.2) is 9.78 Å². The zero-order chi connectivity index (χ0) is 26.7. The van der Waals surface area contributed by atoms with Crippen LogP contribution in [0.2, 0.25) is 0 Å². The fourth-order valence-corrected chi connectivity index (χ4v) is 5.44. The Balaban J connectivity index is 1.44. The van der Waals surface area contributed by atoms with Crippen LogP contribution in [-0.4, -0.2) is 38.6 Å². The molecular formula is C25H20N4O6S2. The first kappa shape index (κ1) is 25.8. The number of carbonyl (C=O) groups excluding carboxylic acids is 2. The number of nitrogens with zero attached hydrogens (tertiary/aromatic N) is 2. The average Bonchev–Trinajstić information content (AvgIpc) is 3.26. The minimum Gasteiger partial charge on any atom is -0.478 e. The lowest BCUT2D eigenvalue weighted by Crippen LogP contribution is -2.16. The van der Waals surface area contributed by atoms with Crippen LogP contribution in [0, 0.1) is 24.0 Å². The zero-order valence-corrected chi connectivity index (χ0v) is 21.2. The topological polar surface area (TPSA) is 152 Å². The molecule has 4 aromatic rings. The number of carbonyl (C=O) groups is 3. The summed E-state index contributed by atoms with van der Waals surface area (Å²) < 4.78 is 1.44. The van der Waals surface area contributed by atoms with Crippen LogP contribution in [0.4, 0.5) is 17.1 Å². The largest absolute Gasteiger partial charge is 0.478 e. The number of fused-ring (bicyclic) bond motifs is 1. The number of thioether (sulfide) groups is 1. The van der Waals surface area contributed by atoms with Gasteiger partial charge in [0.05, 0.1) is 32.0 Å². The molecule has 0 spiro atoms. The molecule has 1 aromatic heterocycles. The maximum Gasteiger partial charge on any atom is 0.336 e. The Labute approximate surface area is 218 Å². The molecule has 0 aliphatic rings. The van der Waals surface area contributed by atoms with Gasteiger partial charge in [0.25, 0.3) is 11.6 Å². The van der Waals surface area contributed by atoms with Crippen LogP contribution >= 0.6 is 23.1 Å². The van der Waals surface area contributed by atoms with E-state index in [-0.39, 0.29) is 17.2 Å². The van der Waals surface area contributed by atoms with Gasteiger partial charge in [0.15, 0.2) is 4.34 Å². The Morgan fingerprint density at radius 2 is 1.81 bits per heavy atom. The van der Waals surface area contributed by atoms with Crippen molar-refractivity contribution in [2.75, 3.05) is 16.4 Å². The van der Waals surface area contributed by atoms with Gasteiger partial charge in [-0.1, -0.05) is 29.5 Å². The highest BCUT2D eigenvalue weighted by atomic mass is 32.2. The number of nitrogens with one attached hydrogen (secondary N) is 2. The highest BCUT2D eigenvalue weighted by molar-refractivity contribution is 8.01. The lowest BCUT2D eigenvalue weighted by atomic mass is 10.1. The van der Waals surface area contributed by atoms with Gasteiger partial charge in [0.2, 0.25) is 5.91 Å². The van der Waals surface area contributed by atoms with Crippen molar-refractivity contribution in [2.45, 2.75) is 18.2 Å². The van der Waals surface area contributed by atoms with E-state index in [0.717, 1.165) is 39.7 Å². The quantitative estimate of drug-likeness (QED) is 0.152. The Morgan fingerprint density at radius 1 is 1.03 bits per heavy atom. The molecule has 1 heterocycles. The molecule has 3 aromatic carbocycles. The number of hydrogen-bond donors (Lipinski definition) is 3. The van der Waals surface area contributed by atoms with Crippen LogP contribution < -0.4 is 10.6 Å². The Morgan fingerprint density at radius 3 is 2.51 bits per heavy atom. The van der Waals surface area contributed by atoms with Crippen molar-refractivity contribution in [3.8, 4) is 0 Å². The minimum atomic E-state index is -1.45. The molecule has 12 heteroatoms. The van der Waals surface area contributed by atoms with Crippen molar-refractivity contribution in [1.29, 1.82) is 0 Å². The van der Waals surface area contributed by atoms with E-state index in [0.29, 0.717) is 15.5 Å². The molecule has 0 aliphatic heterocycles. The predicted molar refractivity (Wildman–Crippen MR) is 143 cm³/mol. The summed E-state index contributed by atoms with van der Waals surface area (Å²) in [6.45, 7) is 3.92. The number of thiazole rings is 1. The van der Waals surface area contributed by atoms with Gasteiger partial charge in [0.1, 0.15) is 0 Å². The average molecular weight is 537 g/mol. The molecule has 0 fully saturated rings. The number of rotatable bonds is 8. The van der Waals surface area contributed by atoms with Gasteiger partial charge in [-0.2, -0.15) is 0 Å². The van der Waals surface area contributed by atoms with Crippen LogP contribution in [-0.2, 0) is 4.79 Å². The highest BCUT2D eigenvalue weighted by Crippen LogP contribution is 2.32. The standard InChI is InChI=1S/C25H20N4O6S2/c1-13-3-7-19(14(2)9-13)27-22(30)12-36-25-28-20-8-4-15(10-21(20)37-25)26-23(31)17-6-5-16(29(34)35)11-18(17)24(32)33/h3-11H,12H2,1-2H3,(H,26,31)(H,27,30)(H,32,33). The van der Waals surface area contributed by atoms with E-state index in [4.69, 9.17) is 0 Å². The number of hydrogen-bond acceptors (Lipinski definition) is 8. The van der Waals surface area contributed by atoms with Gasteiger partial charge in [0, 0.05) is 23.5 Å². The minimum absolute atomic E-state index is 0.151. The summed E-state index contributed by atoms with van der Waals surface area (Å²) in [4.78, 5) is 51.4. The van der Waals surface area contributed by atoms with Crippen molar-refractivity contribution in [2.24, 2.45) is 0 Å². The molecule has 188 valence electrons. The predicted octanol–water partition coefficient (Wildman–Crippen LogP) is 5.50. The summed E-state index contributed by atoms with van der Waals surface area (Å²) in [6.07, 6.45) is 0. The molecule has 0 saturated heterocycles. The van der Waals surface area contributed by atoms with Crippen LogP contribution in [0.5, 0.6) is 0 Å². The summed E-state index contributed by atoms with van der Waals surface area (Å²) in [5.41, 5.74) is 2.86. The number of amides is 2. The third-order valence-corrected chi connectivity index (χ3v) is 7.46. The molecule has 4 rings (SSSR count). The Bertz CT molecular complexity index is 1570. The van der Waals surface area contributed by atoms with Gasteiger partial charge >= 0.3 is 5.97 Å². The van der Waals surface area contributed by atoms with Crippen LogP contribution in [0.15, 0.2) is 58.9 Å². The van der Waals surface area contributed by atoms with Gasteiger partial charge in [-0.3, -0.25) is 19.7 Å². The van der Waals surface area contributed by atoms with E-state index in [1.165, 1.54) is 23.1 Å². The summed E-state index contributed by atoms with van der Waals surface area (Å²) >= 11 is 2.65. The van der Waals surface area contributed by atoms with E-state index >= 15 is 0 Å². The molecule has 0 unspecified atom stereocenters. The smallest absolute Gasteiger partial charge is 0.336 e. The second-order valence-corrected chi connectivity index (χ2v) is 10.3. The molecule has 3 N–H and O–H groups in total. The number of carboxylic acid groups (broad SMARTS) is 1. The number of anilines is 2. The van der Waals surface area contributed by atoms with Crippen LogP contribution in [0.1, 0.15) is 31.8 Å².